The summed E-state index contributed by atoms with van der Waals surface area (Å²) in [6.07, 6.45) is 2.40. The predicted octanol–water partition coefficient (Wildman–Crippen LogP) is 1.14. The number of hydrogen-bond donors (Lipinski definition) is 0. The summed E-state index contributed by atoms with van der Waals surface area (Å²) in [5, 5.41) is 10.5. The van der Waals surface area contributed by atoms with Gasteiger partial charge in [0.25, 0.3) is 15.0 Å². The molecule has 0 spiro atoms. The van der Waals surface area contributed by atoms with E-state index in [2.05, 4.69) is 4.98 Å². The Kier molecular flexibility index (Phi) is 4.64. The van der Waals surface area contributed by atoms with Crippen LogP contribution in [0, 0.1) is 10.1 Å². The molecule has 0 amide bonds. The van der Waals surface area contributed by atoms with Gasteiger partial charge in [-0.1, -0.05) is 13.8 Å². The van der Waals surface area contributed by atoms with E-state index in [0.29, 0.717) is 12.8 Å². The van der Waals surface area contributed by atoms with Crippen molar-refractivity contribution in [1.29, 1.82) is 0 Å². The molecule has 0 aliphatic heterocycles. The van der Waals surface area contributed by atoms with Crippen molar-refractivity contribution in [2.45, 2.75) is 37.8 Å². The molecule has 0 atom stereocenters. The van der Waals surface area contributed by atoms with Gasteiger partial charge < -0.3 is 10.1 Å². The van der Waals surface area contributed by atoms with Crippen molar-refractivity contribution in [2.75, 3.05) is 7.05 Å². The lowest BCUT2D eigenvalue weighted by Gasteiger charge is -2.24. The highest BCUT2D eigenvalue weighted by atomic mass is 32.2. The molecule has 0 radical (unpaired) electrons. The van der Waals surface area contributed by atoms with Crippen molar-refractivity contribution in [3.63, 3.8) is 0 Å². The first-order valence-corrected chi connectivity index (χ1v) is 7.35. The van der Waals surface area contributed by atoms with Gasteiger partial charge in [-0.05, 0) is 22.7 Å². The van der Waals surface area contributed by atoms with Crippen molar-refractivity contribution in [1.82, 2.24) is 13.9 Å². The molecule has 0 saturated carbocycles. The van der Waals surface area contributed by atoms with Gasteiger partial charge in [0.15, 0.2) is 0 Å². The van der Waals surface area contributed by atoms with Crippen LogP contribution in [0.4, 0.5) is 5.82 Å². The third-order valence-electron chi connectivity index (χ3n) is 3.12. The number of nitrogens with zero attached hydrogens (tertiary/aromatic N) is 4. The number of imidazole rings is 1. The van der Waals surface area contributed by atoms with E-state index >= 15 is 0 Å². The molecule has 9 heteroatoms. The molecule has 1 aromatic rings. The first-order chi connectivity index (χ1) is 8.77. The van der Waals surface area contributed by atoms with Gasteiger partial charge in [-0.15, -0.1) is 0 Å². The summed E-state index contributed by atoms with van der Waals surface area (Å²) in [6, 6.07) is -0.195. The average molecular weight is 290 g/mol. The molecule has 8 nitrogen and oxygen atoms in total. The maximum atomic E-state index is 12.5. The van der Waals surface area contributed by atoms with E-state index in [4.69, 9.17) is 0 Å². The number of nitro groups is 1. The minimum atomic E-state index is -3.93. The van der Waals surface area contributed by atoms with Crippen LogP contribution >= 0.6 is 0 Å². The molecular weight excluding hydrogens is 272 g/mol. The van der Waals surface area contributed by atoms with Gasteiger partial charge in [-0.3, -0.25) is 4.57 Å². The minimum absolute atomic E-state index is 0.195. The quantitative estimate of drug-likeness (QED) is 0.578. The fourth-order valence-corrected chi connectivity index (χ4v) is 3.70. The molecular formula is C10H18N4O4S. The Labute approximate surface area is 112 Å². The van der Waals surface area contributed by atoms with Crippen LogP contribution in [-0.4, -0.2) is 40.3 Å². The predicted molar refractivity (Wildman–Crippen MR) is 69.2 cm³/mol. The normalized spacial score (nSPS) is 12.3. The van der Waals surface area contributed by atoms with Crippen molar-refractivity contribution in [2.24, 2.45) is 7.05 Å². The Bertz CT molecular complexity index is 562. The summed E-state index contributed by atoms with van der Waals surface area (Å²) < 4.78 is 27.3. The van der Waals surface area contributed by atoms with E-state index < -0.39 is 20.8 Å². The van der Waals surface area contributed by atoms with E-state index in [1.165, 1.54) is 18.4 Å². The molecule has 0 aliphatic carbocycles. The lowest BCUT2D eigenvalue weighted by molar-refractivity contribution is -0.392. The van der Waals surface area contributed by atoms with Crippen LogP contribution in [0.3, 0.4) is 0 Å². The van der Waals surface area contributed by atoms with Crippen LogP contribution in [0.1, 0.15) is 26.7 Å². The second-order valence-corrected chi connectivity index (χ2v) is 6.15. The Balaban J connectivity index is 3.35. The Morgan fingerprint density at radius 3 is 2.42 bits per heavy atom. The minimum Gasteiger partial charge on any atom is -0.358 e. The monoisotopic (exact) mass is 290 g/mol. The highest BCUT2D eigenvalue weighted by Gasteiger charge is 2.36. The number of hydrogen-bond acceptors (Lipinski definition) is 5. The number of rotatable bonds is 6. The van der Waals surface area contributed by atoms with Crippen LogP contribution in [0.2, 0.25) is 0 Å². The largest absolute Gasteiger partial charge is 0.402 e. The third-order valence-corrected chi connectivity index (χ3v) is 5.13. The van der Waals surface area contributed by atoms with E-state index in [0.717, 1.165) is 10.9 Å². The highest BCUT2D eigenvalue weighted by molar-refractivity contribution is 7.89. The number of aryl methyl sites for hydroxylation is 1. The Morgan fingerprint density at radius 2 is 2.00 bits per heavy atom. The standard InChI is InChI=1S/C10H18N4O4S/c1-5-8(6-2)13(4)19(17,18)10-9(14(15)16)11-7-12(10)3/h7-8H,5-6H2,1-4H3. The maximum Gasteiger partial charge on any atom is 0.402 e. The number of aromatic nitrogens is 2. The molecule has 1 aromatic heterocycles. The fraction of sp³-hybridized carbons (Fsp3) is 0.700. The summed E-state index contributed by atoms with van der Waals surface area (Å²) in [5.41, 5.74) is 0. The zero-order valence-electron chi connectivity index (χ0n) is 11.4. The zero-order valence-corrected chi connectivity index (χ0v) is 12.2. The van der Waals surface area contributed by atoms with E-state index in [1.54, 1.807) is 0 Å². The van der Waals surface area contributed by atoms with Crippen LogP contribution in [-0.2, 0) is 17.1 Å². The summed E-state index contributed by atoms with van der Waals surface area (Å²) in [6.45, 7) is 3.75. The molecule has 0 bridgehead atoms. The lowest BCUT2D eigenvalue weighted by atomic mass is 10.2. The second-order valence-electron chi connectivity index (χ2n) is 4.23. The summed E-state index contributed by atoms with van der Waals surface area (Å²) in [4.78, 5) is 13.6. The van der Waals surface area contributed by atoms with Crippen molar-refractivity contribution < 1.29 is 13.3 Å². The van der Waals surface area contributed by atoms with E-state index in [-0.39, 0.29) is 11.1 Å². The van der Waals surface area contributed by atoms with Gasteiger partial charge in [-0.2, -0.15) is 4.31 Å². The van der Waals surface area contributed by atoms with E-state index in [9.17, 15) is 18.5 Å². The first-order valence-electron chi connectivity index (χ1n) is 5.91. The molecule has 0 unspecified atom stereocenters. The van der Waals surface area contributed by atoms with Gasteiger partial charge >= 0.3 is 5.82 Å². The number of sulfonamides is 1. The fourth-order valence-electron chi connectivity index (χ4n) is 1.96. The van der Waals surface area contributed by atoms with E-state index in [1.807, 2.05) is 13.8 Å². The van der Waals surface area contributed by atoms with Crippen molar-refractivity contribution >= 4 is 15.8 Å². The molecule has 0 saturated heterocycles. The summed E-state index contributed by atoms with van der Waals surface area (Å²) >= 11 is 0. The topological polar surface area (TPSA) is 98.3 Å². The average Bonchev–Trinajstić information content (AvgIpc) is 2.73. The summed E-state index contributed by atoms with van der Waals surface area (Å²) in [7, 11) is -1.07. The Morgan fingerprint density at radius 1 is 1.47 bits per heavy atom. The van der Waals surface area contributed by atoms with Crippen LogP contribution in [0.5, 0.6) is 0 Å². The zero-order chi connectivity index (χ0) is 14.8. The first kappa shape index (κ1) is 15.6. The van der Waals surface area contributed by atoms with Gasteiger partial charge in [0.1, 0.15) is 0 Å². The second kappa shape index (κ2) is 5.66. The smallest absolute Gasteiger partial charge is 0.358 e. The Hall–Kier alpha value is -1.48. The molecule has 1 rings (SSSR count). The molecule has 0 N–H and O–H groups in total. The molecule has 0 aliphatic rings. The maximum absolute atomic E-state index is 12.5. The molecule has 0 fully saturated rings. The van der Waals surface area contributed by atoms with Crippen LogP contribution in [0.15, 0.2) is 11.4 Å². The van der Waals surface area contributed by atoms with Gasteiger partial charge in [0.05, 0.1) is 0 Å². The highest BCUT2D eigenvalue weighted by Crippen LogP contribution is 2.26. The van der Waals surface area contributed by atoms with Crippen molar-refractivity contribution in [3.8, 4) is 0 Å². The van der Waals surface area contributed by atoms with Gasteiger partial charge in [0, 0.05) is 20.1 Å². The lowest BCUT2D eigenvalue weighted by Crippen LogP contribution is -2.37. The van der Waals surface area contributed by atoms with Gasteiger partial charge in [-0.25, -0.2) is 8.42 Å². The van der Waals surface area contributed by atoms with Gasteiger partial charge in [0.2, 0.25) is 6.33 Å². The third kappa shape index (κ3) is 2.76. The molecule has 19 heavy (non-hydrogen) atoms. The van der Waals surface area contributed by atoms with Crippen molar-refractivity contribution in [3.05, 3.63) is 16.4 Å². The molecule has 0 aromatic carbocycles. The summed E-state index contributed by atoms with van der Waals surface area (Å²) in [5.74, 6) is -0.639. The molecule has 1 heterocycles. The molecule has 108 valence electrons. The van der Waals surface area contributed by atoms with Crippen LogP contribution < -0.4 is 0 Å². The van der Waals surface area contributed by atoms with Crippen LogP contribution in [0.25, 0.3) is 0 Å². The SMILES string of the molecule is CCC(CC)N(C)S(=O)(=O)c1c([N+](=O)[O-])ncn1C.